The molecule has 6 nitrogen and oxygen atoms in total. The average Bonchev–Trinajstić information content (AvgIpc) is 2.96. The molecule has 0 spiro atoms. The van der Waals surface area contributed by atoms with Crippen LogP contribution in [-0.4, -0.2) is 67.8 Å². The van der Waals surface area contributed by atoms with Gasteiger partial charge in [-0.25, -0.2) is 8.42 Å². The third kappa shape index (κ3) is 3.69. The predicted molar refractivity (Wildman–Crippen MR) is 103 cm³/mol. The first-order chi connectivity index (χ1) is 11.7. The number of rotatable bonds is 3. The molecule has 136 valence electrons. The Morgan fingerprint density at radius 2 is 2.04 bits per heavy atom. The van der Waals surface area contributed by atoms with E-state index in [1.807, 2.05) is 30.9 Å². The van der Waals surface area contributed by atoms with Crippen LogP contribution in [0.4, 0.5) is 5.69 Å². The standard InChI is InChI=1S/C17H23N3O3S2/c1-11-5-6-14(12(2)7-11)20-15-10-25(22,23)9-13(15)18-17(20)24-8-16(21)19(3)4/h5-7,13,15H,8-10H2,1-4H3/t13-,15-/m0/s1. The minimum absolute atomic E-state index is 0.0120. The van der Waals surface area contributed by atoms with Crippen molar-refractivity contribution in [3.63, 3.8) is 0 Å². The van der Waals surface area contributed by atoms with Crippen LogP contribution in [0.3, 0.4) is 0 Å². The number of aliphatic imine (C=N–C) groups is 1. The van der Waals surface area contributed by atoms with Crippen molar-refractivity contribution in [3.05, 3.63) is 29.3 Å². The van der Waals surface area contributed by atoms with Crippen LogP contribution in [0.5, 0.6) is 0 Å². The number of nitrogens with zero attached hydrogens (tertiary/aromatic N) is 3. The summed E-state index contributed by atoms with van der Waals surface area (Å²) in [5.41, 5.74) is 3.21. The molecule has 1 amide bonds. The summed E-state index contributed by atoms with van der Waals surface area (Å²) in [6.07, 6.45) is 0. The first-order valence-corrected chi connectivity index (χ1v) is 11.0. The summed E-state index contributed by atoms with van der Waals surface area (Å²) in [6.45, 7) is 4.05. The number of amides is 1. The largest absolute Gasteiger partial charge is 0.348 e. The van der Waals surface area contributed by atoms with Gasteiger partial charge in [0.2, 0.25) is 5.91 Å². The van der Waals surface area contributed by atoms with Gasteiger partial charge in [0.1, 0.15) is 0 Å². The maximum absolute atomic E-state index is 12.1. The Morgan fingerprint density at radius 3 is 2.68 bits per heavy atom. The van der Waals surface area contributed by atoms with Crippen LogP contribution >= 0.6 is 11.8 Å². The van der Waals surface area contributed by atoms with Gasteiger partial charge >= 0.3 is 0 Å². The van der Waals surface area contributed by atoms with Gasteiger partial charge in [-0.05, 0) is 25.5 Å². The second kappa shape index (κ2) is 6.64. The fourth-order valence-electron chi connectivity index (χ4n) is 3.25. The molecule has 8 heteroatoms. The zero-order chi connectivity index (χ0) is 18.4. The number of hydrogen-bond donors (Lipinski definition) is 0. The predicted octanol–water partition coefficient (Wildman–Crippen LogP) is 1.47. The fraction of sp³-hybridized carbons (Fsp3) is 0.529. The number of anilines is 1. The molecular formula is C17H23N3O3S2. The summed E-state index contributed by atoms with van der Waals surface area (Å²) in [6, 6.07) is 5.69. The van der Waals surface area contributed by atoms with Crippen molar-refractivity contribution in [1.29, 1.82) is 0 Å². The Balaban J connectivity index is 1.93. The van der Waals surface area contributed by atoms with Crippen LogP contribution in [0, 0.1) is 13.8 Å². The molecular weight excluding hydrogens is 358 g/mol. The number of hydrogen-bond acceptors (Lipinski definition) is 6. The molecule has 2 atom stereocenters. The van der Waals surface area contributed by atoms with Gasteiger partial charge in [-0.15, -0.1) is 0 Å². The maximum atomic E-state index is 12.1. The lowest BCUT2D eigenvalue weighted by atomic mass is 10.1. The van der Waals surface area contributed by atoms with E-state index in [1.165, 1.54) is 11.8 Å². The Morgan fingerprint density at radius 1 is 1.32 bits per heavy atom. The highest BCUT2D eigenvalue weighted by Crippen LogP contribution is 2.36. The summed E-state index contributed by atoms with van der Waals surface area (Å²) in [5.74, 6) is 0.502. The lowest BCUT2D eigenvalue weighted by Crippen LogP contribution is -2.40. The van der Waals surface area contributed by atoms with Crippen LogP contribution in [-0.2, 0) is 14.6 Å². The van der Waals surface area contributed by atoms with Crippen molar-refractivity contribution < 1.29 is 13.2 Å². The number of fused-ring (bicyclic) bond motifs is 1. The van der Waals surface area contributed by atoms with Crippen molar-refractivity contribution >= 4 is 38.4 Å². The molecule has 0 bridgehead atoms. The zero-order valence-electron chi connectivity index (χ0n) is 14.9. The van der Waals surface area contributed by atoms with Crippen LogP contribution in [0.25, 0.3) is 0 Å². The van der Waals surface area contributed by atoms with Gasteiger partial charge in [0, 0.05) is 19.8 Å². The summed E-state index contributed by atoms with van der Waals surface area (Å²) in [7, 11) is 0.381. The third-order valence-corrected chi connectivity index (χ3v) is 7.19. The second-order valence-corrected chi connectivity index (χ2v) is 9.96. The van der Waals surface area contributed by atoms with E-state index in [4.69, 9.17) is 0 Å². The van der Waals surface area contributed by atoms with Gasteiger partial charge in [-0.3, -0.25) is 9.79 Å². The maximum Gasteiger partial charge on any atom is 0.232 e. The average molecular weight is 382 g/mol. The number of aryl methyl sites for hydroxylation is 2. The highest BCUT2D eigenvalue weighted by atomic mass is 32.2. The lowest BCUT2D eigenvalue weighted by Gasteiger charge is -2.28. The molecule has 1 aromatic rings. The van der Waals surface area contributed by atoms with Crippen LogP contribution in [0.1, 0.15) is 11.1 Å². The molecule has 25 heavy (non-hydrogen) atoms. The molecule has 0 aromatic heterocycles. The van der Waals surface area contributed by atoms with Crippen molar-refractivity contribution in [2.45, 2.75) is 25.9 Å². The first kappa shape index (κ1) is 18.3. The highest BCUT2D eigenvalue weighted by Gasteiger charge is 2.47. The third-order valence-electron chi connectivity index (χ3n) is 4.54. The summed E-state index contributed by atoms with van der Waals surface area (Å²) in [5, 5.41) is 0.743. The van der Waals surface area contributed by atoms with Gasteiger partial charge in [0.05, 0.1) is 29.3 Å². The van der Waals surface area contributed by atoms with Gasteiger partial charge in [0.25, 0.3) is 0 Å². The fourth-order valence-corrected chi connectivity index (χ4v) is 6.18. The highest BCUT2D eigenvalue weighted by molar-refractivity contribution is 8.14. The van der Waals surface area contributed by atoms with E-state index in [1.54, 1.807) is 19.0 Å². The lowest BCUT2D eigenvalue weighted by molar-refractivity contribution is -0.125. The Labute approximate surface area is 153 Å². The molecule has 1 saturated heterocycles. The zero-order valence-corrected chi connectivity index (χ0v) is 16.5. The number of sulfone groups is 1. The monoisotopic (exact) mass is 381 g/mol. The second-order valence-electron chi connectivity index (χ2n) is 6.86. The van der Waals surface area contributed by atoms with E-state index in [9.17, 15) is 13.2 Å². The summed E-state index contributed by atoms with van der Waals surface area (Å²) >= 11 is 1.38. The van der Waals surface area contributed by atoms with Crippen LogP contribution < -0.4 is 4.90 Å². The van der Waals surface area contributed by atoms with E-state index in [-0.39, 0.29) is 29.5 Å². The number of carbonyl (C=O) groups excluding carboxylic acids is 1. The van der Waals surface area contributed by atoms with Gasteiger partial charge in [0.15, 0.2) is 15.0 Å². The SMILES string of the molecule is Cc1ccc(N2C(SCC(=O)N(C)C)=N[C@H]3CS(=O)(=O)C[C@@H]32)c(C)c1. The van der Waals surface area contributed by atoms with Crippen LogP contribution in [0.2, 0.25) is 0 Å². The molecule has 0 saturated carbocycles. The van der Waals surface area contributed by atoms with Crippen molar-refractivity contribution in [2.75, 3.05) is 36.3 Å². The number of benzene rings is 1. The minimum Gasteiger partial charge on any atom is -0.348 e. The molecule has 0 aliphatic carbocycles. The molecule has 3 rings (SSSR count). The normalized spacial score (nSPS) is 24.2. The number of thioether (sulfide) groups is 1. The molecule has 1 fully saturated rings. The molecule has 2 heterocycles. The van der Waals surface area contributed by atoms with E-state index in [0.717, 1.165) is 22.0 Å². The molecule has 0 N–H and O–H groups in total. The van der Waals surface area contributed by atoms with E-state index in [0.29, 0.717) is 5.75 Å². The van der Waals surface area contributed by atoms with Gasteiger partial charge in [-0.1, -0.05) is 29.5 Å². The Kier molecular flexibility index (Phi) is 4.85. The molecule has 2 aliphatic rings. The van der Waals surface area contributed by atoms with Crippen LogP contribution in [0.15, 0.2) is 23.2 Å². The van der Waals surface area contributed by atoms with E-state index in [2.05, 4.69) is 11.1 Å². The Bertz CT molecular complexity index is 834. The first-order valence-electron chi connectivity index (χ1n) is 8.15. The smallest absolute Gasteiger partial charge is 0.232 e. The van der Waals surface area contributed by atoms with Crippen molar-refractivity contribution in [2.24, 2.45) is 4.99 Å². The minimum atomic E-state index is -3.07. The van der Waals surface area contributed by atoms with E-state index < -0.39 is 9.84 Å². The molecule has 1 aromatic carbocycles. The van der Waals surface area contributed by atoms with E-state index >= 15 is 0 Å². The number of carbonyl (C=O) groups is 1. The molecule has 0 radical (unpaired) electrons. The van der Waals surface area contributed by atoms with Crippen molar-refractivity contribution in [3.8, 4) is 0 Å². The van der Waals surface area contributed by atoms with Crippen molar-refractivity contribution in [1.82, 2.24) is 4.90 Å². The molecule has 0 unspecified atom stereocenters. The summed E-state index contributed by atoms with van der Waals surface area (Å²) in [4.78, 5) is 20.2. The Hall–Kier alpha value is -1.54. The quantitative estimate of drug-likeness (QED) is 0.793. The van der Waals surface area contributed by atoms with Gasteiger partial charge in [-0.2, -0.15) is 0 Å². The summed E-state index contributed by atoms with van der Waals surface area (Å²) < 4.78 is 24.1. The topological polar surface area (TPSA) is 70.1 Å². The number of amidine groups is 1. The van der Waals surface area contributed by atoms with Gasteiger partial charge < -0.3 is 9.80 Å². The molecule has 2 aliphatic heterocycles.